The van der Waals surface area contributed by atoms with Crippen molar-refractivity contribution in [1.29, 1.82) is 0 Å². The number of carbonyl (C=O) groups excluding carboxylic acids is 1. The van der Waals surface area contributed by atoms with E-state index in [1.165, 1.54) is 12.8 Å². The number of nitrogens with one attached hydrogen (secondary N) is 1. The van der Waals surface area contributed by atoms with E-state index < -0.39 is 0 Å². The van der Waals surface area contributed by atoms with Gasteiger partial charge in [-0.3, -0.25) is 4.79 Å². The van der Waals surface area contributed by atoms with E-state index in [4.69, 9.17) is 4.52 Å². The molecule has 1 amide bonds. The van der Waals surface area contributed by atoms with Crippen LogP contribution in [0.3, 0.4) is 0 Å². The molecule has 2 saturated heterocycles. The first-order valence-electron chi connectivity index (χ1n) is 8.29. The molecule has 0 saturated carbocycles. The minimum absolute atomic E-state index is 0. The quantitative estimate of drug-likeness (QED) is 0.901. The summed E-state index contributed by atoms with van der Waals surface area (Å²) in [5.74, 6) is 0.0399. The molecule has 2 aliphatic heterocycles. The summed E-state index contributed by atoms with van der Waals surface area (Å²) in [6.45, 7) is 3.73. The van der Waals surface area contributed by atoms with Crippen molar-refractivity contribution in [1.82, 2.24) is 20.4 Å². The van der Waals surface area contributed by atoms with Gasteiger partial charge in [0.2, 0.25) is 0 Å². The number of amides is 1. The molecule has 0 radical (unpaired) electrons. The van der Waals surface area contributed by atoms with Crippen LogP contribution in [0.1, 0.15) is 47.4 Å². The lowest BCUT2D eigenvalue weighted by Gasteiger charge is -2.35. The first-order valence-corrected chi connectivity index (χ1v) is 8.29. The Hall–Kier alpha value is -1.66. The molecule has 2 aromatic heterocycles. The van der Waals surface area contributed by atoms with E-state index in [0.29, 0.717) is 29.4 Å². The van der Waals surface area contributed by atoms with Gasteiger partial charge in [-0.1, -0.05) is 5.16 Å². The normalized spacial score (nSPS) is 25.5. The molecule has 2 unspecified atom stereocenters. The van der Waals surface area contributed by atoms with Crippen LogP contribution in [0.25, 0.3) is 11.1 Å². The zero-order valence-electron chi connectivity index (χ0n) is 14.2. The van der Waals surface area contributed by atoms with Gasteiger partial charge in [0.25, 0.3) is 11.6 Å². The van der Waals surface area contributed by atoms with Gasteiger partial charge in [0.15, 0.2) is 0 Å². The van der Waals surface area contributed by atoms with Gasteiger partial charge in [0.05, 0.1) is 16.6 Å². The molecule has 4 heterocycles. The first-order chi connectivity index (χ1) is 11.0. The Balaban J connectivity index is 0.00000169. The Labute approximate surface area is 147 Å². The molecule has 0 aliphatic carbocycles. The van der Waals surface area contributed by atoms with Crippen LogP contribution in [0.5, 0.6) is 0 Å². The average Bonchev–Trinajstić information content (AvgIpc) is 3.07. The third-order valence-electron chi connectivity index (χ3n) is 5.29. The highest BCUT2D eigenvalue weighted by atomic mass is 35.5. The smallest absolute Gasteiger partial charge is 0.258 e. The summed E-state index contributed by atoms with van der Waals surface area (Å²) < 4.78 is 5.25. The summed E-state index contributed by atoms with van der Waals surface area (Å²) in [5, 5.41) is 8.33. The molecule has 6 nitrogen and oxygen atoms in total. The van der Waals surface area contributed by atoms with Crippen molar-refractivity contribution in [3.63, 3.8) is 0 Å². The Kier molecular flexibility index (Phi) is 4.53. The molecule has 2 aliphatic rings. The van der Waals surface area contributed by atoms with Crippen molar-refractivity contribution in [2.75, 3.05) is 7.05 Å². The molecule has 4 rings (SSSR count). The second-order valence-electron chi connectivity index (χ2n) is 6.94. The standard InChI is InChI=1S/C17H22N4O2.ClH/c1-9-6-14(15-10(2)20-23-16(15)18-9)17(22)21(3)13-7-11-4-5-12(8-13)19-11;/h6,11-13,19H,4-5,7-8H2,1-3H3;1H. The first kappa shape index (κ1) is 17.2. The van der Waals surface area contributed by atoms with Crippen LogP contribution in [-0.4, -0.2) is 46.1 Å². The Bertz CT molecular complexity index is 763. The highest BCUT2D eigenvalue weighted by Crippen LogP contribution is 2.31. The largest absolute Gasteiger partial charge is 0.339 e. The van der Waals surface area contributed by atoms with Crippen LogP contribution < -0.4 is 5.32 Å². The number of fused-ring (bicyclic) bond motifs is 3. The van der Waals surface area contributed by atoms with Gasteiger partial charge in [-0.05, 0) is 45.6 Å². The van der Waals surface area contributed by atoms with Gasteiger partial charge in [-0.2, -0.15) is 0 Å². The Morgan fingerprint density at radius 2 is 1.96 bits per heavy atom. The average molecular weight is 351 g/mol. The molecule has 130 valence electrons. The molecule has 2 aromatic rings. The molecule has 2 bridgehead atoms. The van der Waals surface area contributed by atoms with Crippen LogP contribution in [-0.2, 0) is 0 Å². The second-order valence-corrected chi connectivity index (χ2v) is 6.94. The molecule has 24 heavy (non-hydrogen) atoms. The number of nitrogens with zero attached hydrogens (tertiary/aromatic N) is 3. The topological polar surface area (TPSA) is 71.3 Å². The van der Waals surface area contributed by atoms with E-state index in [0.717, 1.165) is 29.6 Å². The van der Waals surface area contributed by atoms with Gasteiger partial charge in [0, 0.05) is 30.9 Å². The van der Waals surface area contributed by atoms with Crippen molar-refractivity contribution >= 4 is 29.4 Å². The van der Waals surface area contributed by atoms with Gasteiger partial charge >= 0.3 is 0 Å². The number of hydrogen-bond acceptors (Lipinski definition) is 5. The Morgan fingerprint density at radius 3 is 2.62 bits per heavy atom. The monoisotopic (exact) mass is 350 g/mol. The SMILES string of the molecule is Cc1cc(C(=O)N(C)C2CC3CCC(C2)N3)c2c(C)noc2n1.Cl. The number of rotatable bonds is 2. The third kappa shape index (κ3) is 2.78. The minimum atomic E-state index is 0. The number of halogens is 1. The van der Waals surface area contributed by atoms with E-state index >= 15 is 0 Å². The van der Waals surface area contributed by atoms with E-state index in [1.54, 1.807) is 0 Å². The number of hydrogen-bond donors (Lipinski definition) is 1. The van der Waals surface area contributed by atoms with Crippen molar-refractivity contribution < 1.29 is 9.32 Å². The number of aromatic nitrogens is 2. The van der Waals surface area contributed by atoms with Crippen molar-refractivity contribution in [3.05, 3.63) is 23.0 Å². The minimum Gasteiger partial charge on any atom is -0.339 e. The molecular weight excluding hydrogens is 328 g/mol. The van der Waals surface area contributed by atoms with Crippen molar-refractivity contribution in [2.24, 2.45) is 0 Å². The maximum atomic E-state index is 13.1. The highest BCUT2D eigenvalue weighted by Gasteiger charge is 2.37. The number of pyridine rings is 1. The van der Waals surface area contributed by atoms with Gasteiger partial charge < -0.3 is 14.7 Å². The summed E-state index contributed by atoms with van der Waals surface area (Å²) in [6, 6.07) is 3.27. The van der Waals surface area contributed by atoms with Crippen LogP contribution in [0.15, 0.2) is 10.6 Å². The maximum Gasteiger partial charge on any atom is 0.258 e. The molecule has 7 heteroatoms. The van der Waals surface area contributed by atoms with Crippen molar-refractivity contribution in [2.45, 2.75) is 57.7 Å². The predicted octanol–water partition coefficient (Wildman–Crippen LogP) is 2.62. The molecule has 0 spiro atoms. The zero-order chi connectivity index (χ0) is 16.1. The number of aryl methyl sites for hydroxylation is 2. The lowest BCUT2D eigenvalue weighted by molar-refractivity contribution is 0.0683. The predicted molar refractivity (Wildman–Crippen MR) is 93.6 cm³/mol. The lowest BCUT2D eigenvalue weighted by atomic mass is 9.97. The molecule has 1 N–H and O–H groups in total. The summed E-state index contributed by atoms with van der Waals surface area (Å²) in [5.41, 5.74) is 2.59. The van der Waals surface area contributed by atoms with E-state index in [2.05, 4.69) is 15.5 Å². The zero-order valence-corrected chi connectivity index (χ0v) is 15.0. The van der Waals surface area contributed by atoms with Crippen molar-refractivity contribution in [3.8, 4) is 0 Å². The third-order valence-corrected chi connectivity index (χ3v) is 5.29. The van der Waals surface area contributed by atoms with E-state index in [-0.39, 0.29) is 18.3 Å². The molecule has 2 atom stereocenters. The summed E-state index contributed by atoms with van der Waals surface area (Å²) in [6.07, 6.45) is 4.53. The summed E-state index contributed by atoms with van der Waals surface area (Å²) >= 11 is 0. The summed E-state index contributed by atoms with van der Waals surface area (Å²) in [4.78, 5) is 19.3. The van der Waals surface area contributed by atoms with Gasteiger partial charge in [-0.15, -0.1) is 12.4 Å². The van der Waals surface area contributed by atoms with E-state index in [1.807, 2.05) is 31.9 Å². The maximum absolute atomic E-state index is 13.1. The Morgan fingerprint density at radius 1 is 1.29 bits per heavy atom. The molecular formula is C17H23ClN4O2. The van der Waals surface area contributed by atoms with Crippen LogP contribution in [0, 0.1) is 13.8 Å². The number of piperidine rings is 1. The fraction of sp³-hybridized carbons (Fsp3) is 0.588. The van der Waals surface area contributed by atoms with Gasteiger partial charge in [-0.25, -0.2) is 4.98 Å². The fourth-order valence-corrected chi connectivity index (χ4v) is 4.09. The van der Waals surface area contributed by atoms with Crippen LogP contribution >= 0.6 is 12.4 Å². The molecule has 2 fully saturated rings. The molecule has 0 aromatic carbocycles. The van der Waals surface area contributed by atoms with Gasteiger partial charge in [0.1, 0.15) is 0 Å². The van der Waals surface area contributed by atoms with Crippen LogP contribution in [0.4, 0.5) is 0 Å². The second kappa shape index (κ2) is 6.33. The number of carbonyl (C=O) groups is 1. The van der Waals surface area contributed by atoms with Crippen LogP contribution in [0.2, 0.25) is 0 Å². The lowest BCUT2D eigenvalue weighted by Crippen LogP contribution is -2.48. The van der Waals surface area contributed by atoms with E-state index in [9.17, 15) is 4.79 Å². The highest BCUT2D eigenvalue weighted by molar-refractivity contribution is 6.06. The fourth-order valence-electron chi connectivity index (χ4n) is 4.09. The summed E-state index contributed by atoms with van der Waals surface area (Å²) in [7, 11) is 1.92.